The molecule has 1 fully saturated rings. The van der Waals surface area contributed by atoms with Crippen LogP contribution in [0.25, 0.3) is 0 Å². The molecule has 110 valence electrons. The maximum absolute atomic E-state index is 12.4. The van der Waals surface area contributed by atoms with Crippen LogP contribution in [0, 0.1) is 0 Å². The molecule has 0 aliphatic carbocycles. The summed E-state index contributed by atoms with van der Waals surface area (Å²) < 4.78 is 11.0. The number of ether oxygens (including phenoxy) is 2. The maximum Gasteiger partial charge on any atom is 0.413 e. The number of rotatable bonds is 2. The van der Waals surface area contributed by atoms with Gasteiger partial charge in [0.1, 0.15) is 16.9 Å². The summed E-state index contributed by atoms with van der Waals surface area (Å²) in [6, 6.07) is 0. The second-order valence-electron chi connectivity index (χ2n) is 6.60. The predicted molar refractivity (Wildman–Crippen MR) is 71.8 cm³/mol. The van der Waals surface area contributed by atoms with Gasteiger partial charge in [-0.25, -0.2) is 4.79 Å². The summed E-state index contributed by atoms with van der Waals surface area (Å²) in [5.41, 5.74) is -2.41. The van der Waals surface area contributed by atoms with Gasteiger partial charge >= 0.3 is 6.09 Å². The minimum absolute atomic E-state index is 0.0241. The highest BCUT2D eigenvalue weighted by Gasteiger charge is 2.56. The van der Waals surface area contributed by atoms with Gasteiger partial charge in [-0.05, 0) is 41.5 Å². The van der Waals surface area contributed by atoms with E-state index in [1.54, 1.807) is 48.5 Å². The Kier molecular flexibility index (Phi) is 4.01. The van der Waals surface area contributed by atoms with E-state index in [-0.39, 0.29) is 12.4 Å². The van der Waals surface area contributed by atoms with Crippen LogP contribution in [-0.4, -0.2) is 40.2 Å². The van der Waals surface area contributed by atoms with Gasteiger partial charge in [0, 0.05) is 6.42 Å². The Hall–Kier alpha value is -1.10. The first-order chi connectivity index (χ1) is 8.44. The van der Waals surface area contributed by atoms with Crippen molar-refractivity contribution in [2.24, 2.45) is 0 Å². The van der Waals surface area contributed by atoms with Gasteiger partial charge in [0.25, 0.3) is 0 Å². The van der Waals surface area contributed by atoms with Crippen molar-refractivity contribution in [1.82, 2.24) is 4.90 Å². The van der Waals surface area contributed by atoms with Gasteiger partial charge in [-0.3, -0.25) is 9.69 Å². The van der Waals surface area contributed by atoms with Gasteiger partial charge < -0.3 is 9.47 Å². The Labute approximate surface area is 115 Å². The van der Waals surface area contributed by atoms with Crippen molar-refractivity contribution in [1.29, 1.82) is 0 Å². The van der Waals surface area contributed by atoms with Crippen LogP contribution < -0.4 is 0 Å². The molecular formula is C14H25NO4. The zero-order valence-electron chi connectivity index (χ0n) is 13.0. The molecule has 1 aliphatic rings. The number of carbonyl (C=O) groups is 2. The molecule has 0 aromatic rings. The van der Waals surface area contributed by atoms with E-state index >= 15 is 0 Å². The van der Waals surface area contributed by atoms with Crippen LogP contribution in [0.15, 0.2) is 0 Å². The van der Waals surface area contributed by atoms with Crippen molar-refractivity contribution in [3.05, 3.63) is 0 Å². The number of ketones is 1. The van der Waals surface area contributed by atoms with Crippen LogP contribution in [-0.2, 0) is 14.3 Å². The van der Waals surface area contributed by atoms with Crippen LogP contribution >= 0.6 is 0 Å². The predicted octanol–water partition coefficient (Wildman–Crippen LogP) is 2.73. The normalized spacial score (nSPS) is 26.4. The Morgan fingerprint density at radius 1 is 1.26 bits per heavy atom. The van der Waals surface area contributed by atoms with Gasteiger partial charge in [-0.15, -0.1) is 0 Å². The van der Waals surface area contributed by atoms with Crippen LogP contribution in [0.5, 0.6) is 0 Å². The smallest absolute Gasteiger partial charge is 0.413 e. The molecular weight excluding hydrogens is 246 g/mol. The largest absolute Gasteiger partial charge is 0.444 e. The number of nitrogens with zero attached hydrogens (tertiary/aromatic N) is 1. The lowest BCUT2D eigenvalue weighted by atomic mass is 9.93. The Morgan fingerprint density at radius 3 is 2.21 bits per heavy atom. The molecule has 0 spiro atoms. The van der Waals surface area contributed by atoms with Crippen LogP contribution in [0.1, 0.15) is 54.9 Å². The zero-order chi connectivity index (χ0) is 15.1. The molecule has 1 saturated heterocycles. The fourth-order valence-electron chi connectivity index (χ4n) is 2.36. The summed E-state index contributed by atoms with van der Waals surface area (Å²) in [6.45, 7) is 12.7. The van der Waals surface area contributed by atoms with Gasteiger partial charge in [0.05, 0.1) is 6.61 Å². The molecule has 0 bridgehead atoms. The third-order valence-electron chi connectivity index (χ3n) is 3.24. The number of hydrogen-bond donors (Lipinski definition) is 0. The Morgan fingerprint density at radius 2 is 1.79 bits per heavy atom. The van der Waals surface area contributed by atoms with Crippen LogP contribution in [0.2, 0.25) is 0 Å². The van der Waals surface area contributed by atoms with Crippen molar-refractivity contribution in [3.8, 4) is 0 Å². The van der Waals surface area contributed by atoms with Gasteiger partial charge in [0.15, 0.2) is 5.78 Å². The monoisotopic (exact) mass is 271 g/mol. The average molecular weight is 271 g/mol. The molecule has 5 nitrogen and oxygen atoms in total. The average Bonchev–Trinajstić information content (AvgIpc) is 2.47. The highest BCUT2D eigenvalue weighted by molar-refractivity contribution is 5.92. The van der Waals surface area contributed by atoms with E-state index in [2.05, 4.69) is 0 Å². The van der Waals surface area contributed by atoms with Crippen molar-refractivity contribution in [2.45, 2.75) is 71.8 Å². The van der Waals surface area contributed by atoms with Crippen molar-refractivity contribution in [2.75, 3.05) is 6.61 Å². The minimum atomic E-state index is -0.958. The van der Waals surface area contributed by atoms with E-state index in [1.807, 2.05) is 0 Å². The number of carbonyl (C=O) groups excluding carboxylic acids is 2. The first kappa shape index (κ1) is 16.0. The molecule has 1 rings (SSSR count). The quantitative estimate of drug-likeness (QED) is 0.775. The summed E-state index contributed by atoms with van der Waals surface area (Å²) >= 11 is 0. The molecule has 1 aliphatic heterocycles. The first-order valence-corrected chi connectivity index (χ1v) is 6.64. The summed E-state index contributed by atoms with van der Waals surface area (Å²) in [5, 5.41) is 0. The van der Waals surface area contributed by atoms with E-state index in [1.165, 1.54) is 4.90 Å². The molecule has 0 radical (unpaired) electrons. The van der Waals surface area contributed by atoms with Crippen molar-refractivity contribution >= 4 is 11.9 Å². The lowest BCUT2D eigenvalue weighted by molar-refractivity contribution is -0.130. The first-order valence-electron chi connectivity index (χ1n) is 6.64. The SMILES string of the molecule is CCC(=O)C1(C)COC(C)(C)N1C(=O)OC(C)(C)C. The van der Waals surface area contributed by atoms with Crippen molar-refractivity contribution < 1.29 is 19.1 Å². The molecule has 0 saturated carbocycles. The molecule has 5 heteroatoms. The molecule has 0 aromatic heterocycles. The fourth-order valence-corrected chi connectivity index (χ4v) is 2.36. The summed E-state index contributed by atoms with van der Waals surface area (Å²) in [4.78, 5) is 26.0. The summed E-state index contributed by atoms with van der Waals surface area (Å²) in [5.74, 6) is -0.0241. The number of amides is 1. The maximum atomic E-state index is 12.4. The van der Waals surface area contributed by atoms with Crippen LogP contribution in [0.3, 0.4) is 0 Å². The molecule has 1 amide bonds. The molecule has 0 aromatic carbocycles. The standard InChI is InChI=1S/C14H25NO4/c1-8-10(16)14(7)9-18-13(5,6)15(14)11(17)19-12(2,3)4/h8-9H2,1-7H3. The number of hydrogen-bond acceptors (Lipinski definition) is 4. The fraction of sp³-hybridized carbons (Fsp3) is 0.857. The third-order valence-corrected chi connectivity index (χ3v) is 3.24. The lowest BCUT2D eigenvalue weighted by Crippen LogP contribution is -2.59. The topological polar surface area (TPSA) is 55.8 Å². The van der Waals surface area contributed by atoms with E-state index < -0.39 is 23.0 Å². The highest BCUT2D eigenvalue weighted by atomic mass is 16.6. The second kappa shape index (κ2) is 4.78. The molecule has 1 heterocycles. The molecule has 1 unspecified atom stereocenters. The van der Waals surface area contributed by atoms with E-state index in [4.69, 9.17) is 9.47 Å². The summed E-state index contributed by atoms with van der Waals surface area (Å²) in [7, 11) is 0. The Balaban J connectivity index is 3.10. The number of Topliss-reactive ketones (excluding diaryl/α,β-unsaturated/α-hetero) is 1. The zero-order valence-corrected chi connectivity index (χ0v) is 13.0. The van der Waals surface area contributed by atoms with Crippen LogP contribution in [0.4, 0.5) is 4.79 Å². The summed E-state index contributed by atoms with van der Waals surface area (Å²) in [6.07, 6.45) is -0.158. The lowest BCUT2D eigenvalue weighted by Gasteiger charge is -2.39. The van der Waals surface area contributed by atoms with E-state index in [0.717, 1.165) is 0 Å². The van der Waals surface area contributed by atoms with Gasteiger partial charge in [0.2, 0.25) is 0 Å². The van der Waals surface area contributed by atoms with Crippen molar-refractivity contribution in [3.63, 3.8) is 0 Å². The van der Waals surface area contributed by atoms with E-state index in [0.29, 0.717) is 6.42 Å². The molecule has 1 atom stereocenters. The third kappa shape index (κ3) is 3.08. The highest BCUT2D eigenvalue weighted by Crippen LogP contribution is 2.37. The minimum Gasteiger partial charge on any atom is -0.444 e. The Bertz CT molecular complexity index is 383. The van der Waals surface area contributed by atoms with Gasteiger partial charge in [-0.1, -0.05) is 6.92 Å². The van der Waals surface area contributed by atoms with Gasteiger partial charge in [-0.2, -0.15) is 0 Å². The second-order valence-corrected chi connectivity index (χ2v) is 6.60. The molecule has 0 N–H and O–H groups in total. The van der Waals surface area contributed by atoms with E-state index in [9.17, 15) is 9.59 Å². The molecule has 19 heavy (non-hydrogen) atoms.